The van der Waals surface area contributed by atoms with E-state index in [1.165, 1.54) is 38.5 Å². The second-order valence-electron chi connectivity index (χ2n) is 6.76. The molecule has 1 N–H and O–H groups in total. The van der Waals surface area contributed by atoms with E-state index in [9.17, 15) is 0 Å². The van der Waals surface area contributed by atoms with Gasteiger partial charge in [0.1, 0.15) is 5.82 Å². The molecule has 2 aliphatic rings. The third-order valence-corrected chi connectivity index (χ3v) is 6.07. The highest BCUT2D eigenvalue weighted by atomic mass is 32.2. The average molecular weight is 348 g/mol. The minimum absolute atomic E-state index is 0.463. The van der Waals surface area contributed by atoms with Gasteiger partial charge in [-0.3, -0.25) is 0 Å². The first kappa shape index (κ1) is 16.1. The second kappa shape index (κ2) is 7.23. The van der Waals surface area contributed by atoms with Crippen molar-refractivity contribution in [1.82, 2.24) is 30.2 Å². The van der Waals surface area contributed by atoms with E-state index in [0.717, 1.165) is 35.8 Å². The topological polar surface area (TPSA) is 81.7 Å². The van der Waals surface area contributed by atoms with E-state index in [0.29, 0.717) is 17.6 Å². The van der Waals surface area contributed by atoms with Crippen molar-refractivity contribution in [2.24, 2.45) is 7.05 Å². The normalized spacial score (nSPS) is 22.3. The van der Waals surface area contributed by atoms with Crippen molar-refractivity contribution < 1.29 is 4.52 Å². The van der Waals surface area contributed by atoms with Crippen LogP contribution in [-0.2, 0) is 12.8 Å². The summed E-state index contributed by atoms with van der Waals surface area (Å²) in [5.74, 6) is 4.25. The maximum Gasteiger partial charge on any atom is 0.229 e. The number of hydrogen-bond donors (Lipinski definition) is 1. The average Bonchev–Trinajstić information content (AvgIpc) is 3.35. The number of thioether (sulfide) groups is 1. The van der Waals surface area contributed by atoms with Gasteiger partial charge < -0.3 is 14.4 Å². The quantitative estimate of drug-likeness (QED) is 0.832. The van der Waals surface area contributed by atoms with Crippen LogP contribution in [0.1, 0.15) is 67.9 Å². The first-order valence-electron chi connectivity index (χ1n) is 8.86. The maximum absolute atomic E-state index is 5.44. The highest BCUT2D eigenvalue weighted by Gasteiger charge is 2.24. The first-order valence-corrected chi connectivity index (χ1v) is 9.85. The Morgan fingerprint density at radius 2 is 2.00 bits per heavy atom. The molecule has 0 radical (unpaired) electrons. The van der Waals surface area contributed by atoms with Gasteiger partial charge in [0, 0.05) is 25.4 Å². The SMILES string of the molecule is Cn1c(SCc2noc(C3CCCC3)n2)nnc1C1CCCNC1. The molecule has 2 aromatic heterocycles. The molecule has 2 fully saturated rings. The molecular weight excluding hydrogens is 324 g/mol. The Balaban J connectivity index is 1.38. The van der Waals surface area contributed by atoms with E-state index >= 15 is 0 Å². The number of nitrogens with one attached hydrogen (secondary N) is 1. The second-order valence-corrected chi connectivity index (χ2v) is 7.70. The lowest BCUT2D eigenvalue weighted by Gasteiger charge is -2.21. The Morgan fingerprint density at radius 1 is 1.17 bits per heavy atom. The Kier molecular flexibility index (Phi) is 4.84. The Hall–Kier alpha value is -1.41. The Morgan fingerprint density at radius 3 is 2.79 bits per heavy atom. The lowest BCUT2D eigenvalue weighted by molar-refractivity contribution is 0.351. The predicted octanol–water partition coefficient (Wildman–Crippen LogP) is 2.62. The van der Waals surface area contributed by atoms with Gasteiger partial charge in [0.05, 0.1) is 5.75 Å². The zero-order valence-electron chi connectivity index (χ0n) is 14.1. The standard InChI is InChI=1S/C16H24N6OS/c1-22-14(12-7-4-8-17-9-12)19-20-16(22)24-10-13-18-15(23-21-13)11-5-2-3-6-11/h11-12,17H,2-10H2,1H3. The Bertz CT molecular complexity index is 672. The third-order valence-electron chi connectivity index (χ3n) is 5.05. The van der Waals surface area contributed by atoms with Crippen LogP contribution in [0.2, 0.25) is 0 Å². The van der Waals surface area contributed by atoms with Gasteiger partial charge in [0.2, 0.25) is 5.89 Å². The van der Waals surface area contributed by atoms with Crippen LogP contribution in [0.25, 0.3) is 0 Å². The van der Waals surface area contributed by atoms with Crippen molar-refractivity contribution in [1.29, 1.82) is 0 Å². The zero-order valence-corrected chi connectivity index (χ0v) is 14.9. The van der Waals surface area contributed by atoms with Crippen LogP contribution in [0.4, 0.5) is 0 Å². The summed E-state index contributed by atoms with van der Waals surface area (Å²) in [7, 11) is 2.05. The largest absolute Gasteiger partial charge is 0.339 e. The Labute approximate surface area is 146 Å². The molecule has 1 unspecified atom stereocenters. The minimum Gasteiger partial charge on any atom is -0.339 e. The molecule has 7 nitrogen and oxygen atoms in total. The van der Waals surface area contributed by atoms with Crippen molar-refractivity contribution in [3.8, 4) is 0 Å². The van der Waals surface area contributed by atoms with E-state index in [4.69, 9.17) is 4.52 Å². The molecule has 0 aromatic carbocycles. The number of rotatable bonds is 5. The summed E-state index contributed by atoms with van der Waals surface area (Å²) in [6.07, 6.45) is 7.28. The van der Waals surface area contributed by atoms with Gasteiger partial charge in [0.25, 0.3) is 0 Å². The summed E-state index contributed by atoms with van der Waals surface area (Å²) in [5, 5.41) is 17.2. The van der Waals surface area contributed by atoms with Crippen LogP contribution in [0.3, 0.4) is 0 Å². The predicted molar refractivity (Wildman–Crippen MR) is 90.9 cm³/mol. The van der Waals surface area contributed by atoms with Crippen LogP contribution in [0.5, 0.6) is 0 Å². The fourth-order valence-corrected chi connectivity index (χ4v) is 4.43. The molecule has 1 saturated heterocycles. The zero-order chi connectivity index (χ0) is 16.4. The molecule has 130 valence electrons. The van der Waals surface area contributed by atoms with Crippen molar-refractivity contribution in [2.75, 3.05) is 13.1 Å². The van der Waals surface area contributed by atoms with Crippen molar-refractivity contribution in [2.45, 2.75) is 61.3 Å². The van der Waals surface area contributed by atoms with E-state index in [1.807, 2.05) is 7.05 Å². The van der Waals surface area contributed by atoms with Crippen LogP contribution in [-0.4, -0.2) is 38.0 Å². The van der Waals surface area contributed by atoms with Crippen LogP contribution < -0.4 is 5.32 Å². The van der Waals surface area contributed by atoms with Crippen molar-refractivity contribution >= 4 is 11.8 Å². The van der Waals surface area contributed by atoms with Gasteiger partial charge in [-0.1, -0.05) is 29.8 Å². The molecule has 8 heteroatoms. The molecule has 4 rings (SSSR count). The summed E-state index contributed by atoms with van der Waals surface area (Å²) in [6, 6.07) is 0. The molecule has 0 amide bonds. The lowest BCUT2D eigenvalue weighted by Crippen LogP contribution is -2.29. The van der Waals surface area contributed by atoms with Crippen molar-refractivity contribution in [3.63, 3.8) is 0 Å². The monoisotopic (exact) mass is 348 g/mol. The molecule has 1 atom stereocenters. The van der Waals surface area contributed by atoms with E-state index < -0.39 is 0 Å². The minimum atomic E-state index is 0.463. The fourth-order valence-electron chi connectivity index (χ4n) is 3.67. The van der Waals surface area contributed by atoms with Crippen LogP contribution in [0.15, 0.2) is 9.68 Å². The molecule has 1 aliphatic heterocycles. The molecule has 3 heterocycles. The third kappa shape index (κ3) is 3.35. The molecule has 2 aromatic rings. The van der Waals surface area contributed by atoms with Crippen LogP contribution >= 0.6 is 11.8 Å². The van der Waals surface area contributed by atoms with Gasteiger partial charge in [-0.2, -0.15) is 4.98 Å². The summed E-state index contributed by atoms with van der Waals surface area (Å²) in [4.78, 5) is 4.57. The maximum atomic E-state index is 5.44. The summed E-state index contributed by atoms with van der Waals surface area (Å²) >= 11 is 1.62. The van der Waals surface area contributed by atoms with Crippen LogP contribution in [0, 0.1) is 0 Å². The molecule has 1 saturated carbocycles. The number of aromatic nitrogens is 5. The first-order chi connectivity index (χ1) is 11.8. The summed E-state index contributed by atoms with van der Waals surface area (Å²) < 4.78 is 7.55. The van der Waals surface area contributed by atoms with Gasteiger partial charge in [0.15, 0.2) is 11.0 Å². The van der Waals surface area contributed by atoms with E-state index in [1.54, 1.807) is 11.8 Å². The molecule has 0 bridgehead atoms. The number of nitrogens with zero attached hydrogens (tertiary/aromatic N) is 5. The van der Waals surface area contributed by atoms with Gasteiger partial charge in [-0.15, -0.1) is 10.2 Å². The molecule has 1 aliphatic carbocycles. The van der Waals surface area contributed by atoms with Gasteiger partial charge in [-0.05, 0) is 32.2 Å². The molecular formula is C16H24N6OS. The highest BCUT2D eigenvalue weighted by molar-refractivity contribution is 7.98. The van der Waals surface area contributed by atoms with Gasteiger partial charge >= 0.3 is 0 Å². The molecule has 0 spiro atoms. The fraction of sp³-hybridized carbons (Fsp3) is 0.750. The molecule has 24 heavy (non-hydrogen) atoms. The summed E-state index contributed by atoms with van der Waals surface area (Å²) in [5.41, 5.74) is 0. The van der Waals surface area contributed by atoms with Gasteiger partial charge in [-0.25, -0.2) is 0 Å². The summed E-state index contributed by atoms with van der Waals surface area (Å²) in [6.45, 7) is 2.10. The smallest absolute Gasteiger partial charge is 0.229 e. The lowest BCUT2D eigenvalue weighted by atomic mass is 9.99. The van der Waals surface area contributed by atoms with E-state index in [2.05, 4.69) is 30.2 Å². The number of hydrogen-bond acceptors (Lipinski definition) is 7. The van der Waals surface area contributed by atoms with E-state index in [-0.39, 0.29) is 0 Å². The number of piperidine rings is 1. The highest BCUT2D eigenvalue weighted by Crippen LogP contribution is 2.33. The van der Waals surface area contributed by atoms with Crippen molar-refractivity contribution in [3.05, 3.63) is 17.5 Å².